The summed E-state index contributed by atoms with van der Waals surface area (Å²) in [7, 11) is 0. The number of aromatic amines is 1. The van der Waals surface area contributed by atoms with Crippen molar-refractivity contribution in [2.75, 3.05) is 13.1 Å². The smallest absolute Gasteiger partial charge is 0.257 e. The van der Waals surface area contributed by atoms with Gasteiger partial charge in [0.15, 0.2) is 0 Å². The van der Waals surface area contributed by atoms with Gasteiger partial charge in [0, 0.05) is 17.2 Å². The molecule has 1 aliphatic rings. The second-order valence-electron chi connectivity index (χ2n) is 3.15. The van der Waals surface area contributed by atoms with Crippen molar-refractivity contribution in [2.24, 2.45) is 0 Å². The summed E-state index contributed by atoms with van der Waals surface area (Å²) in [6.07, 6.45) is 6.17. The lowest BCUT2D eigenvalue weighted by molar-refractivity contribution is 0.0770. The Morgan fingerprint density at radius 1 is 1.64 bits per heavy atom. The molecule has 1 aromatic rings. The quantitative estimate of drug-likeness (QED) is 0.828. The molecule has 4 nitrogen and oxygen atoms in total. The monoisotopic (exact) mass is 255 g/mol. The Labute approximate surface area is 90.1 Å². The number of H-pyrrole nitrogens is 1. The summed E-state index contributed by atoms with van der Waals surface area (Å²) in [5, 5.41) is 6.40. The third-order valence-corrected chi connectivity index (χ3v) is 2.71. The van der Waals surface area contributed by atoms with E-state index >= 15 is 0 Å². The average Bonchev–Trinajstić information content (AvgIpc) is 2.69. The Kier molecular flexibility index (Phi) is 2.67. The van der Waals surface area contributed by atoms with E-state index in [1.165, 1.54) is 0 Å². The van der Waals surface area contributed by atoms with E-state index in [-0.39, 0.29) is 5.91 Å². The van der Waals surface area contributed by atoms with Gasteiger partial charge in [-0.3, -0.25) is 9.89 Å². The van der Waals surface area contributed by atoms with E-state index in [4.69, 9.17) is 0 Å². The van der Waals surface area contributed by atoms with E-state index in [1.54, 1.807) is 17.3 Å². The summed E-state index contributed by atoms with van der Waals surface area (Å²) in [5.74, 6) is 0.0313. The molecule has 0 bridgehead atoms. The topological polar surface area (TPSA) is 49.0 Å². The Bertz CT molecular complexity index is 358. The Hall–Kier alpha value is -1.10. The van der Waals surface area contributed by atoms with Crippen molar-refractivity contribution in [3.63, 3.8) is 0 Å². The van der Waals surface area contributed by atoms with Gasteiger partial charge >= 0.3 is 0 Å². The lowest BCUT2D eigenvalue weighted by Gasteiger charge is -2.24. The summed E-state index contributed by atoms with van der Waals surface area (Å²) in [4.78, 5) is 13.6. The van der Waals surface area contributed by atoms with Gasteiger partial charge in [-0.05, 0) is 6.42 Å². The van der Waals surface area contributed by atoms with E-state index in [9.17, 15) is 4.79 Å². The lowest BCUT2D eigenvalue weighted by Crippen LogP contribution is -2.34. The third-order valence-electron chi connectivity index (χ3n) is 2.14. The number of hydrogen-bond acceptors (Lipinski definition) is 2. The first kappa shape index (κ1) is 9.45. The average molecular weight is 256 g/mol. The molecule has 1 N–H and O–H groups in total. The highest BCUT2D eigenvalue weighted by Crippen LogP contribution is 2.16. The SMILES string of the molecule is O=C(c1cn[nH]c1)N1CCC=C(Br)C1. The Morgan fingerprint density at radius 2 is 2.50 bits per heavy atom. The lowest BCUT2D eigenvalue weighted by atomic mass is 10.2. The molecule has 0 saturated carbocycles. The van der Waals surface area contributed by atoms with Crippen LogP contribution in [0.3, 0.4) is 0 Å². The zero-order valence-corrected chi connectivity index (χ0v) is 9.12. The van der Waals surface area contributed by atoms with Crippen LogP contribution in [0.2, 0.25) is 0 Å². The fraction of sp³-hybridized carbons (Fsp3) is 0.333. The molecular weight excluding hydrogens is 246 g/mol. The van der Waals surface area contributed by atoms with E-state index in [1.807, 2.05) is 0 Å². The van der Waals surface area contributed by atoms with Gasteiger partial charge in [0.2, 0.25) is 0 Å². The highest BCUT2D eigenvalue weighted by Gasteiger charge is 2.18. The third kappa shape index (κ3) is 1.87. The maximum absolute atomic E-state index is 11.8. The predicted molar refractivity (Wildman–Crippen MR) is 56.1 cm³/mol. The van der Waals surface area contributed by atoms with Crippen LogP contribution in [0.5, 0.6) is 0 Å². The van der Waals surface area contributed by atoms with Crippen molar-refractivity contribution in [2.45, 2.75) is 6.42 Å². The van der Waals surface area contributed by atoms with Crippen molar-refractivity contribution in [1.82, 2.24) is 15.1 Å². The summed E-state index contributed by atoms with van der Waals surface area (Å²) >= 11 is 3.40. The molecule has 0 unspecified atom stereocenters. The van der Waals surface area contributed by atoms with Crippen LogP contribution in [0.25, 0.3) is 0 Å². The van der Waals surface area contributed by atoms with Gasteiger partial charge in [-0.2, -0.15) is 5.10 Å². The molecule has 74 valence electrons. The fourth-order valence-electron chi connectivity index (χ4n) is 1.43. The number of amides is 1. The normalized spacial score (nSPS) is 16.6. The first-order chi connectivity index (χ1) is 6.77. The summed E-state index contributed by atoms with van der Waals surface area (Å²) in [5.41, 5.74) is 0.618. The minimum atomic E-state index is 0.0313. The molecule has 0 aromatic carbocycles. The fourth-order valence-corrected chi connectivity index (χ4v) is 1.96. The molecular formula is C9H10BrN3O. The van der Waals surface area contributed by atoms with Crippen molar-refractivity contribution in [1.29, 1.82) is 0 Å². The minimum absolute atomic E-state index is 0.0313. The van der Waals surface area contributed by atoms with E-state index in [0.717, 1.165) is 17.4 Å². The van der Waals surface area contributed by atoms with Crippen LogP contribution >= 0.6 is 15.9 Å². The molecule has 5 heteroatoms. The molecule has 2 heterocycles. The molecule has 0 atom stereocenters. The van der Waals surface area contributed by atoms with Gasteiger partial charge in [-0.1, -0.05) is 22.0 Å². The van der Waals surface area contributed by atoms with E-state index in [0.29, 0.717) is 12.1 Å². The first-order valence-corrected chi connectivity index (χ1v) is 5.19. The van der Waals surface area contributed by atoms with Crippen LogP contribution in [0, 0.1) is 0 Å². The molecule has 0 radical (unpaired) electrons. The number of halogens is 1. The Morgan fingerprint density at radius 3 is 3.14 bits per heavy atom. The van der Waals surface area contributed by atoms with Crippen LogP contribution in [0.4, 0.5) is 0 Å². The van der Waals surface area contributed by atoms with Crippen molar-refractivity contribution in [3.05, 3.63) is 28.5 Å². The molecule has 0 saturated heterocycles. The van der Waals surface area contributed by atoms with Crippen molar-refractivity contribution >= 4 is 21.8 Å². The highest BCUT2D eigenvalue weighted by atomic mass is 79.9. The number of nitrogens with zero attached hydrogens (tertiary/aromatic N) is 2. The van der Waals surface area contributed by atoms with Crippen LogP contribution in [-0.4, -0.2) is 34.1 Å². The Balaban J connectivity index is 2.10. The van der Waals surface area contributed by atoms with Gasteiger partial charge in [0.1, 0.15) is 0 Å². The first-order valence-electron chi connectivity index (χ1n) is 4.40. The molecule has 2 rings (SSSR count). The van der Waals surface area contributed by atoms with Gasteiger partial charge < -0.3 is 4.90 Å². The molecule has 0 aliphatic carbocycles. The second kappa shape index (κ2) is 3.96. The van der Waals surface area contributed by atoms with Crippen LogP contribution in [0.1, 0.15) is 16.8 Å². The molecule has 1 aliphatic heterocycles. The maximum Gasteiger partial charge on any atom is 0.257 e. The largest absolute Gasteiger partial charge is 0.333 e. The van der Waals surface area contributed by atoms with Gasteiger partial charge in [0.05, 0.1) is 18.3 Å². The van der Waals surface area contributed by atoms with Crippen LogP contribution in [0.15, 0.2) is 23.0 Å². The molecule has 0 spiro atoms. The van der Waals surface area contributed by atoms with Crippen LogP contribution < -0.4 is 0 Å². The van der Waals surface area contributed by atoms with Crippen molar-refractivity contribution < 1.29 is 4.79 Å². The minimum Gasteiger partial charge on any atom is -0.333 e. The molecule has 1 amide bonds. The summed E-state index contributed by atoms with van der Waals surface area (Å²) in [6.45, 7) is 1.43. The zero-order chi connectivity index (χ0) is 9.97. The summed E-state index contributed by atoms with van der Waals surface area (Å²) in [6, 6.07) is 0. The predicted octanol–water partition coefficient (Wildman–Crippen LogP) is 1.53. The number of aromatic nitrogens is 2. The highest BCUT2D eigenvalue weighted by molar-refractivity contribution is 9.11. The van der Waals surface area contributed by atoms with Gasteiger partial charge in [-0.25, -0.2) is 0 Å². The van der Waals surface area contributed by atoms with Crippen molar-refractivity contribution in [3.8, 4) is 0 Å². The standard InChI is InChI=1S/C9H10BrN3O/c10-8-2-1-3-13(6-8)9(14)7-4-11-12-5-7/h2,4-5H,1,3,6H2,(H,11,12). The van der Waals surface area contributed by atoms with E-state index < -0.39 is 0 Å². The number of hydrogen-bond donors (Lipinski definition) is 1. The van der Waals surface area contributed by atoms with Crippen LogP contribution in [-0.2, 0) is 0 Å². The number of carbonyl (C=O) groups excluding carboxylic acids is 1. The van der Waals surface area contributed by atoms with Gasteiger partial charge in [0.25, 0.3) is 5.91 Å². The second-order valence-corrected chi connectivity index (χ2v) is 4.17. The molecule has 1 aromatic heterocycles. The number of carbonyl (C=O) groups is 1. The van der Waals surface area contributed by atoms with Gasteiger partial charge in [-0.15, -0.1) is 0 Å². The van der Waals surface area contributed by atoms with E-state index in [2.05, 4.69) is 32.2 Å². The number of nitrogens with one attached hydrogen (secondary N) is 1. The zero-order valence-electron chi connectivity index (χ0n) is 7.53. The molecule has 14 heavy (non-hydrogen) atoms. The summed E-state index contributed by atoms with van der Waals surface area (Å²) < 4.78 is 1.07. The number of rotatable bonds is 1. The maximum atomic E-state index is 11.8. The molecule has 0 fully saturated rings.